The van der Waals surface area contributed by atoms with Crippen LogP contribution < -0.4 is 14.8 Å². The Bertz CT molecular complexity index is 1620. The number of alkyl halides is 3. The Hall–Kier alpha value is -3.97. The highest BCUT2D eigenvalue weighted by Gasteiger charge is 2.32. The van der Waals surface area contributed by atoms with Crippen molar-refractivity contribution in [3.63, 3.8) is 0 Å². The maximum absolute atomic E-state index is 12.8. The quantitative estimate of drug-likeness (QED) is 0.299. The van der Waals surface area contributed by atoms with Crippen molar-refractivity contribution in [2.24, 2.45) is 0 Å². The molecule has 13 heteroatoms. The lowest BCUT2D eigenvalue weighted by molar-refractivity contribution is -0.141. The molecule has 5 rings (SSSR count). The minimum absolute atomic E-state index is 0.128. The lowest BCUT2D eigenvalue weighted by Crippen LogP contribution is -2.37. The molecule has 1 aliphatic rings. The molecular formula is C27H26F3N5O4S. The Balaban J connectivity index is 1.35. The third-order valence-electron chi connectivity index (χ3n) is 6.73. The van der Waals surface area contributed by atoms with Crippen molar-refractivity contribution >= 4 is 32.4 Å². The van der Waals surface area contributed by atoms with Gasteiger partial charge in [-0.2, -0.15) is 13.2 Å². The van der Waals surface area contributed by atoms with E-state index < -0.39 is 21.9 Å². The zero-order valence-electron chi connectivity index (χ0n) is 21.6. The molecule has 1 fully saturated rings. The Morgan fingerprint density at radius 2 is 1.75 bits per heavy atom. The molecule has 2 aromatic heterocycles. The molecule has 0 amide bonds. The largest absolute Gasteiger partial charge is 0.493 e. The zero-order valence-corrected chi connectivity index (χ0v) is 22.5. The van der Waals surface area contributed by atoms with E-state index in [1.165, 1.54) is 30.1 Å². The number of sulfonamides is 1. The molecule has 4 aromatic rings. The summed E-state index contributed by atoms with van der Waals surface area (Å²) in [5.41, 5.74) is 1.47. The fourth-order valence-corrected chi connectivity index (χ4v) is 5.52. The van der Waals surface area contributed by atoms with Crippen LogP contribution in [0.2, 0.25) is 0 Å². The highest BCUT2D eigenvalue weighted by Crippen LogP contribution is 2.37. The summed E-state index contributed by atoms with van der Waals surface area (Å²) in [7, 11) is -1.74. The van der Waals surface area contributed by atoms with Gasteiger partial charge in [0, 0.05) is 30.2 Å². The van der Waals surface area contributed by atoms with Crippen LogP contribution in [0.3, 0.4) is 0 Å². The molecule has 1 N–H and O–H groups in total. The molecule has 0 bridgehead atoms. The van der Waals surface area contributed by atoms with E-state index in [1.807, 2.05) is 18.2 Å². The van der Waals surface area contributed by atoms with Gasteiger partial charge in [0.2, 0.25) is 10.0 Å². The molecule has 0 spiro atoms. The average molecular weight is 574 g/mol. The van der Waals surface area contributed by atoms with Gasteiger partial charge in [0.05, 0.1) is 25.1 Å². The standard InChI is InChI=1S/C27H26F3N5O4S/c1-38-24-14-19(4-7-23(24)39-20-5-8-25(31-15-20)27(28,29)30)34-26-21-13-18(3-6-22(21)32-16-33-26)17-9-11-35(12-10-17)40(2,36)37/h3-8,13-17H,9-12H2,1-2H3,(H,32,33,34). The van der Waals surface area contributed by atoms with E-state index in [-0.39, 0.29) is 11.7 Å². The molecule has 0 radical (unpaired) electrons. The van der Waals surface area contributed by atoms with E-state index in [4.69, 9.17) is 9.47 Å². The molecule has 0 aliphatic carbocycles. The van der Waals surface area contributed by atoms with Gasteiger partial charge in [-0.3, -0.25) is 0 Å². The van der Waals surface area contributed by atoms with Gasteiger partial charge in [-0.15, -0.1) is 0 Å². The number of pyridine rings is 1. The molecule has 0 atom stereocenters. The van der Waals surface area contributed by atoms with Crippen molar-refractivity contribution in [1.29, 1.82) is 0 Å². The monoisotopic (exact) mass is 573 g/mol. The predicted molar refractivity (Wildman–Crippen MR) is 144 cm³/mol. The number of ether oxygens (including phenoxy) is 2. The van der Waals surface area contributed by atoms with Crippen molar-refractivity contribution in [3.8, 4) is 17.2 Å². The van der Waals surface area contributed by atoms with Gasteiger partial charge in [-0.25, -0.2) is 27.7 Å². The van der Waals surface area contributed by atoms with Crippen LogP contribution in [0.15, 0.2) is 61.1 Å². The number of hydrogen-bond acceptors (Lipinski definition) is 8. The normalized spacial score (nSPS) is 15.2. The summed E-state index contributed by atoms with van der Waals surface area (Å²) in [4.78, 5) is 12.2. The molecule has 210 valence electrons. The van der Waals surface area contributed by atoms with Gasteiger partial charge in [0.1, 0.15) is 23.6 Å². The van der Waals surface area contributed by atoms with E-state index in [0.717, 1.165) is 41.6 Å². The van der Waals surface area contributed by atoms with Gasteiger partial charge in [-0.1, -0.05) is 6.07 Å². The summed E-state index contributed by atoms with van der Waals surface area (Å²) in [5, 5.41) is 4.09. The topological polar surface area (TPSA) is 107 Å². The first-order valence-corrected chi connectivity index (χ1v) is 14.2. The number of hydrogen-bond donors (Lipinski definition) is 1. The minimum atomic E-state index is -4.54. The van der Waals surface area contributed by atoms with Crippen LogP contribution in [0.25, 0.3) is 10.9 Å². The number of nitrogens with one attached hydrogen (secondary N) is 1. The molecule has 1 aliphatic heterocycles. The van der Waals surface area contributed by atoms with Gasteiger partial charge in [0.15, 0.2) is 11.5 Å². The van der Waals surface area contributed by atoms with Gasteiger partial charge < -0.3 is 14.8 Å². The van der Waals surface area contributed by atoms with Crippen LogP contribution in [-0.2, 0) is 16.2 Å². The second-order valence-corrected chi connectivity index (χ2v) is 11.4. The highest BCUT2D eigenvalue weighted by atomic mass is 32.2. The smallest absolute Gasteiger partial charge is 0.433 e. The lowest BCUT2D eigenvalue weighted by Gasteiger charge is -2.30. The number of benzene rings is 2. The maximum atomic E-state index is 12.8. The summed E-state index contributed by atoms with van der Waals surface area (Å²) >= 11 is 0. The summed E-state index contributed by atoms with van der Waals surface area (Å²) in [6, 6.07) is 13.1. The van der Waals surface area contributed by atoms with Crippen LogP contribution in [0.1, 0.15) is 30.0 Å². The second kappa shape index (κ2) is 10.9. The fraction of sp³-hybridized carbons (Fsp3) is 0.296. The van der Waals surface area contributed by atoms with E-state index in [0.29, 0.717) is 36.1 Å². The molecule has 0 unspecified atom stereocenters. The Labute approximate surface area is 229 Å². The van der Waals surface area contributed by atoms with E-state index in [9.17, 15) is 21.6 Å². The highest BCUT2D eigenvalue weighted by molar-refractivity contribution is 7.88. The molecule has 2 aromatic carbocycles. The third-order valence-corrected chi connectivity index (χ3v) is 8.04. The number of aromatic nitrogens is 3. The van der Waals surface area contributed by atoms with Gasteiger partial charge >= 0.3 is 6.18 Å². The number of piperidine rings is 1. The maximum Gasteiger partial charge on any atom is 0.433 e. The fourth-order valence-electron chi connectivity index (χ4n) is 4.65. The van der Waals surface area contributed by atoms with Crippen molar-refractivity contribution < 1.29 is 31.1 Å². The number of fused-ring (bicyclic) bond motifs is 1. The first kappa shape index (κ1) is 27.6. The van der Waals surface area contributed by atoms with Crippen LogP contribution in [0, 0.1) is 0 Å². The summed E-state index contributed by atoms with van der Waals surface area (Å²) < 4.78 is 74.8. The SMILES string of the molecule is COc1cc(Nc2ncnc3ccc(C4CCN(S(C)(=O)=O)CC4)cc23)ccc1Oc1ccc(C(F)(F)F)nc1. The van der Waals surface area contributed by atoms with Gasteiger partial charge in [-0.05, 0) is 60.7 Å². The van der Waals surface area contributed by atoms with Crippen LogP contribution in [0.5, 0.6) is 17.2 Å². The molecule has 9 nitrogen and oxygen atoms in total. The second-order valence-electron chi connectivity index (χ2n) is 9.40. The molecular weight excluding hydrogens is 547 g/mol. The molecule has 1 saturated heterocycles. The molecule has 40 heavy (non-hydrogen) atoms. The Morgan fingerprint density at radius 3 is 2.40 bits per heavy atom. The third kappa shape index (κ3) is 6.10. The van der Waals surface area contributed by atoms with E-state index in [2.05, 4.69) is 20.3 Å². The van der Waals surface area contributed by atoms with Crippen LogP contribution >= 0.6 is 0 Å². The van der Waals surface area contributed by atoms with Crippen molar-refractivity contribution in [3.05, 3.63) is 72.3 Å². The van der Waals surface area contributed by atoms with Gasteiger partial charge in [0.25, 0.3) is 0 Å². The first-order chi connectivity index (χ1) is 19.0. The van der Waals surface area contributed by atoms with Crippen molar-refractivity contribution in [2.75, 3.05) is 31.8 Å². The first-order valence-electron chi connectivity index (χ1n) is 12.4. The van der Waals surface area contributed by atoms with E-state index >= 15 is 0 Å². The minimum Gasteiger partial charge on any atom is -0.493 e. The summed E-state index contributed by atoms with van der Waals surface area (Å²) in [6.07, 6.45) is 0.610. The number of nitrogens with zero attached hydrogens (tertiary/aromatic N) is 4. The average Bonchev–Trinajstić information content (AvgIpc) is 2.93. The number of rotatable bonds is 7. The van der Waals surface area contributed by atoms with Crippen LogP contribution in [0.4, 0.5) is 24.7 Å². The van der Waals surface area contributed by atoms with Crippen molar-refractivity contribution in [1.82, 2.24) is 19.3 Å². The Morgan fingerprint density at radius 1 is 0.975 bits per heavy atom. The number of halogens is 3. The number of methoxy groups -OCH3 is 1. The zero-order chi connectivity index (χ0) is 28.5. The summed E-state index contributed by atoms with van der Waals surface area (Å²) in [5.74, 6) is 1.56. The predicted octanol–water partition coefficient (Wildman–Crippen LogP) is 5.73. The molecule has 3 heterocycles. The molecule has 0 saturated carbocycles. The van der Waals surface area contributed by atoms with Crippen molar-refractivity contribution in [2.45, 2.75) is 24.9 Å². The summed E-state index contributed by atoms with van der Waals surface area (Å²) in [6.45, 7) is 0.962. The van der Waals surface area contributed by atoms with E-state index in [1.54, 1.807) is 18.2 Å². The Kier molecular flexibility index (Phi) is 7.51. The lowest BCUT2D eigenvalue weighted by atomic mass is 9.89. The van der Waals surface area contributed by atoms with Crippen LogP contribution in [-0.4, -0.2) is 54.1 Å². The number of anilines is 2.